The molecule has 0 saturated carbocycles. The van der Waals surface area contributed by atoms with E-state index < -0.39 is 35.5 Å². The van der Waals surface area contributed by atoms with Crippen LogP contribution in [0.5, 0.6) is 0 Å². The van der Waals surface area contributed by atoms with E-state index in [1.807, 2.05) is 0 Å². The molecule has 5 rings (SSSR count). The molecule has 1 saturated heterocycles. The van der Waals surface area contributed by atoms with Gasteiger partial charge in [0.25, 0.3) is 6.33 Å². The average Bonchev–Trinajstić information content (AvgIpc) is 3.73. The minimum atomic E-state index is -2.04. The number of aromatic nitrogens is 6. The van der Waals surface area contributed by atoms with Crippen LogP contribution in [0.25, 0.3) is 5.69 Å². The van der Waals surface area contributed by atoms with Gasteiger partial charge in [0.05, 0.1) is 30.2 Å². The van der Waals surface area contributed by atoms with Crippen LogP contribution in [0.4, 0.5) is 24.1 Å². The number of ether oxygens (including phenoxy) is 2. The fourth-order valence-corrected chi connectivity index (χ4v) is 4.94. The van der Waals surface area contributed by atoms with Crippen LogP contribution in [0.15, 0.2) is 67.5 Å². The van der Waals surface area contributed by atoms with E-state index in [9.17, 15) is 19.1 Å². The third-order valence-electron chi connectivity index (χ3n) is 7.14. The summed E-state index contributed by atoms with van der Waals surface area (Å²) in [5, 5.41) is 24.1. The molecule has 1 fully saturated rings. The maximum Gasteiger partial charge on any atom is 0.511 e. The molecule has 43 heavy (non-hydrogen) atoms. The molecule has 2 atom stereocenters. The van der Waals surface area contributed by atoms with Crippen LogP contribution in [-0.2, 0) is 28.4 Å². The minimum Gasteiger partial charge on any atom is -0.431 e. The number of urea groups is 1. The van der Waals surface area contributed by atoms with Gasteiger partial charge < -0.3 is 19.5 Å². The molecule has 4 aromatic rings. The van der Waals surface area contributed by atoms with Crippen LogP contribution in [0.1, 0.15) is 26.3 Å². The number of amides is 2. The maximum atomic E-state index is 15.2. The standard InChI is InChI=1S/C28H31F2N8O5/c1-19(2)43-27(40)42-18-34-16-32-35(17-34)15-28(41,24-9-4-21(29)14-25(24)30)20(3)36-12-13-37(26(36)39)22-5-7-23(8-6-22)38-11-10-31-33-38/h4-11,14,16-17,19-20,41H,12-13,15,18H2,1-3H3/q+1/t20-,28-/m1/s1. The summed E-state index contributed by atoms with van der Waals surface area (Å²) in [6.45, 7) is 4.99. The zero-order chi connectivity index (χ0) is 30.7. The van der Waals surface area contributed by atoms with Crippen molar-refractivity contribution in [1.82, 2.24) is 29.7 Å². The van der Waals surface area contributed by atoms with Crippen molar-refractivity contribution in [2.45, 2.75) is 51.8 Å². The van der Waals surface area contributed by atoms with Crippen LogP contribution in [0, 0.1) is 11.6 Å². The van der Waals surface area contributed by atoms with Crippen molar-refractivity contribution in [1.29, 1.82) is 0 Å². The lowest BCUT2D eigenvalue weighted by Crippen LogP contribution is -2.53. The van der Waals surface area contributed by atoms with Gasteiger partial charge in [-0.3, -0.25) is 4.90 Å². The highest BCUT2D eigenvalue weighted by atomic mass is 19.1. The van der Waals surface area contributed by atoms with E-state index in [1.54, 1.807) is 67.0 Å². The summed E-state index contributed by atoms with van der Waals surface area (Å²) in [6.07, 6.45) is 4.83. The van der Waals surface area contributed by atoms with Gasteiger partial charge in [-0.05, 0) is 51.1 Å². The maximum absolute atomic E-state index is 15.2. The smallest absolute Gasteiger partial charge is 0.431 e. The first-order chi connectivity index (χ1) is 20.5. The second kappa shape index (κ2) is 12.1. The molecule has 0 radical (unpaired) electrons. The third-order valence-corrected chi connectivity index (χ3v) is 7.14. The number of hydrogen-bond donors (Lipinski definition) is 1. The van der Waals surface area contributed by atoms with Gasteiger partial charge in [0.1, 0.15) is 23.8 Å². The summed E-state index contributed by atoms with van der Waals surface area (Å²) < 4.78 is 43.3. The SMILES string of the molecule is CC(C)OC(=O)OC[n+]1cnn(C[C@](O)(c2ccc(F)cc2F)[C@@H](C)N2CCN(c3ccc(-n4ccnn4)cc3)C2=O)c1. The van der Waals surface area contributed by atoms with Gasteiger partial charge >= 0.3 is 12.2 Å². The van der Waals surface area contributed by atoms with Gasteiger partial charge in [0.15, 0.2) is 0 Å². The van der Waals surface area contributed by atoms with E-state index in [-0.39, 0.29) is 31.5 Å². The van der Waals surface area contributed by atoms with E-state index >= 15 is 4.39 Å². The van der Waals surface area contributed by atoms with Crippen molar-refractivity contribution < 1.29 is 37.5 Å². The summed E-state index contributed by atoms with van der Waals surface area (Å²) in [6, 6.07) is 8.66. The van der Waals surface area contributed by atoms with Crippen molar-refractivity contribution in [2.75, 3.05) is 18.0 Å². The largest absolute Gasteiger partial charge is 0.511 e. The Hall–Kier alpha value is -4.92. The minimum absolute atomic E-state index is 0.205. The van der Waals surface area contributed by atoms with E-state index in [2.05, 4.69) is 15.4 Å². The van der Waals surface area contributed by atoms with Gasteiger partial charge in [-0.15, -0.1) is 9.78 Å². The second-order valence-electron chi connectivity index (χ2n) is 10.4. The van der Waals surface area contributed by atoms with Gasteiger partial charge in [-0.2, -0.15) is 0 Å². The molecule has 1 aliphatic heterocycles. The second-order valence-corrected chi connectivity index (χ2v) is 10.4. The van der Waals surface area contributed by atoms with E-state index in [1.165, 1.54) is 26.8 Å². The Bertz CT molecular complexity index is 1580. The lowest BCUT2D eigenvalue weighted by Gasteiger charge is -2.38. The Labute approximate surface area is 245 Å². The van der Waals surface area contributed by atoms with Crippen molar-refractivity contribution >= 4 is 17.9 Å². The molecule has 2 aromatic heterocycles. The topological polar surface area (TPSA) is 132 Å². The summed E-state index contributed by atoms with van der Waals surface area (Å²) in [7, 11) is 0. The lowest BCUT2D eigenvalue weighted by molar-refractivity contribution is -0.728. The number of carbonyl (C=O) groups excluding carboxylic acids is 2. The highest BCUT2D eigenvalue weighted by Gasteiger charge is 2.47. The number of anilines is 1. The van der Waals surface area contributed by atoms with Crippen LogP contribution in [0.2, 0.25) is 0 Å². The zero-order valence-electron chi connectivity index (χ0n) is 23.7. The summed E-state index contributed by atoms with van der Waals surface area (Å²) in [4.78, 5) is 28.4. The molecule has 2 aromatic carbocycles. The Morgan fingerprint density at radius 1 is 1.12 bits per heavy atom. The molecule has 15 heteroatoms. The average molecular weight is 598 g/mol. The van der Waals surface area contributed by atoms with Gasteiger partial charge in [-0.25, -0.2) is 27.6 Å². The number of carbonyl (C=O) groups is 2. The first kappa shape index (κ1) is 29.6. The Morgan fingerprint density at radius 2 is 1.86 bits per heavy atom. The van der Waals surface area contributed by atoms with Crippen LogP contribution in [-0.4, -0.2) is 72.2 Å². The molecule has 1 aliphatic rings. The Kier molecular flexibility index (Phi) is 8.34. The fraction of sp³-hybridized carbons (Fsp3) is 0.357. The summed E-state index contributed by atoms with van der Waals surface area (Å²) >= 11 is 0. The number of rotatable bonds is 10. The van der Waals surface area contributed by atoms with Crippen LogP contribution >= 0.6 is 0 Å². The zero-order valence-corrected chi connectivity index (χ0v) is 23.7. The number of halogens is 2. The fourth-order valence-electron chi connectivity index (χ4n) is 4.94. The van der Waals surface area contributed by atoms with Crippen molar-refractivity contribution in [3.63, 3.8) is 0 Å². The molecular formula is C28H31F2N8O5+. The molecule has 226 valence electrons. The highest BCUT2D eigenvalue weighted by Crippen LogP contribution is 2.35. The van der Waals surface area contributed by atoms with Crippen LogP contribution in [0.3, 0.4) is 0 Å². The van der Waals surface area contributed by atoms with Crippen molar-refractivity contribution in [3.05, 3.63) is 84.7 Å². The molecule has 3 heterocycles. The third kappa shape index (κ3) is 6.30. The normalized spacial score (nSPS) is 15.6. The quantitative estimate of drug-likeness (QED) is 0.218. The van der Waals surface area contributed by atoms with E-state index in [0.717, 1.165) is 17.8 Å². The molecule has 13 nitrogen and oxygen atoms in total. The molecule has 0 unspecified atom stereocenters. The summed E-state index contributed by atoms with van der Waals surface area (Å²) in [5.74, 6) is -1.78. The van der Waals surface area contributed by atoms with Gasteiger partial charge in [0.2, 0.25) is 13.1 Å². The van der Waals surface area contributed by atoms with Crippen molar-refractivity contribution in [2.24, 2.45) is 0 Å². The molecule has 2 amide bonds. The summed E-state index contributed by atoms with van der Waals surface area (Å²) in [5.41, 5.74) is -0.854. The first-order valence-corrected chi connectivity index (χ1v) is 13.5. The monoisotopic (exact) mass is 597 g/mol. The predicted molar refractivity (Wildman–Crippen MR) is 146 cm³/mol. The number of aliphatic hydroxyl groups is 1. The number of nitrogens with zero attached hydrogens (tertiary/aromatic N) is 8. The Balaban J connectivity index is 1.37. The van der Waals surface area contributed by atoms with E-state index in [4.69, 9.17) is 9.47 Å². The molecule has 0 bridgehead atoms. The van der Waals surface area contributed by atoms with Crippen molar-refractivity contribution in [3.8, 4) is 5.69 Å². The molecule has 1 N–H and O–H groups in total. The molecular weight excluding hydrogens is 566 g/mol. The lowest BCUT2D eigenvalue weighted by atomic mass is 9.85. The van der Waals surface area contributed by atoms with Gasteiger partial charge in [0, 0.05) is 35.5 Å². The number of benzene rings is 2. The molecule has 0 aliphatic carbocycles. The van der Waals surface area contributed by atoms with E-state index in [0.29, 0.717) is 18.3 Å². The van der Waals surface area contributed by atoms with Gasteiger partial charge in [-0.1, -0.05) is 11.3 Å². The predicted octanol–water partition coefficient (Wildman–Crippen LogP) is 2.77. The Morgan fingerprint density at radius 3 is 2.53 bits per heavy atom. The van der Waals surface area contributed by atoms with Crippen LogP contribution < -0.4 is 9.47 Å². The first-order valence-electron chi connectivity index (χ1n) is 13.5. The highest BCUT2D eigenvalue weighted by molar-refractivity contribution is 5.94. The number of hydrogen-bond acceptors (Lipinski definition) is 8. The molecule has 0 spiro atoms.